The van der Waals surface area contributed by atoms with Crippen LogP contribution in [0.15, 0.2) is 18.2 Å². The highest BCUT2D eigenvalue weighted by molar-refractivity contribution is 6.16. The summed E-state index contributed by atoms with van der Waals surface area (Å²) in [5.74, 6) is 1.43. The first-order chi connectivity index (χ1) is 9.21. The Morgan fingerprint density at radius 1 is 1.42 bits per heavy atom. The molecule has 19 heavy (non-hydrogen) atoms. The predicted octanol–water partition coefficient (Wildman–Crippen LogP) is 2.35. The van der Waals surface area contributed by atoms with Crippen LogP contribution in [0.2, 0.25) is 0 Å². The second-order valence-electron chi connectivity index (χ2n) is 3.97. The molecule has 5 nitrogen and oxygen atoms in total. The van der Waals surface area contributed by atoms with Gasteiger partial charge in [-0.3, -0.25) is 4.79 Å². The molecule has 0 saturated heterocycles. The number of rotatable bonds is 5. The lowest BCUT2D eigenvalue weighted by atomic mass is 10.3. The highest BCUT2D eigenvalue weighted by atomic mass is 35.5. The SMILES string of the molecule is COC(=O)CCn1c(CCl)nc2c(OC)cccc21. The molecule has 2 aromatic rings. The smallest absolute Gasteiger partial charge is 0.307 e. The largest absolute Gasteiger partial charge is 0.494 e. The summed E-state index contributed by atoms with van der Waals surface area (Å²) in [6.45, 7) is 0.485. The molecule has 6 heteroatoms. The van der Waals surface area contributed by atoms with Crippen LogP contribution in [-0.4, -0.2) is 29.7 Å². The number of hydrogen-bond donors (Lipinski definition) is 0. The average Bonchev–Trinajstić information content (AvgIpc) is 2.82. The molecule has 0 radical (unpaired) electrons. The number of hydrogen-bond acceptors (Lipinski definition) is 4. The van der Waals surface area contributed by atoms with Crippen LogP contribution in [0.4, 0.5) is 0 Å². The monoisotopic (exact) mass is 282 g/mol. The second kappa shape index (κ2) is 5.93. The van der Waals surface area contributed by atoms with Crippen molar-refractivity contribution in [1.29, 1.82) is 0 Å². The number of fused-ring (bicyclic) bond motifs is 1. The van der Waals surface area contributed by atoms with Crippen molar-refractivity contribution in [2.75, 3.05) is 14.2 Å². The highest BCUT2D eigenvalue weighted by Crippen LogP contribution is 2.26. The fourth-order valence-corrected chi connectivity index (χ4v) is 2.19. The molecule has 1 heterocycles. The van der Waals surface area contributed by atoms with Gasteiger partial charge in [-0.25, -0.2) is 4.98 Å². The lowest BCUT2D eigenvalue weighted by Crippen LogP contribution is -2.09. The van der Waals surface area contributed by atoms with Crippen molar-refractivity contribution < 1.29 is 14.3 Å². The van der Waals surface area contributed by atoms with Crippen LogP contribution in [0.25, 0.3) is 11.0 Å². The third-order valence-corrected chi connectivity index (χ3v) is 3.17. The van der Waals surface area contributed by atoms with Gasteiger partial charge in [0.15, 0.2) is 0 Å². The number of benzene rings is 1. The van der Waals surface area contributed by atoms with Gasteiger partial charge >= 0.3 is 5.97 Å². The zero-order valence-electron chi connectivity index (χ0n) is 10.9. The molecule has 0 fully saturated rings. The van der Waals surface area contributed by atoms with Crippen molar-refractivity contribution in [1.82, 2.24) is 9.55 Å². The maximum absolute atomic E-state index is 11.3. The van der Waals surface area contributed by atoms with Gasteiger partial charge in [0.05, 0.1) is 32.0 Å². The minimum Gasteiger partial charge on any atom is -0.494 e. The first kappa shape index (κ1) is 13.7. The third kappa shape index (κ3) is 2.66. The van der Waals surface area contributed by atoms with Crippen LogP contribution >= 0.6 is 11.6 Å². The zero-order valence-corrected chi connectivity index (χ0v) is 11.6. The van der Waals surface area contributed by atoms with Crippen molar-refractivity contribution in [2.45, 2.75) is 18.8 Å². The summed E-state index contributed by atoms with van der Waals surface area (Å²) < 4.78 is 11.8. The summed E-state index contributed by atoms with van der Waals surface area (Å²) in [5, 5.41) is 0. The Morgan fingerprint density at radius 2 is 2.21 bits per heavy atom. The number of para-hydroxylation sites is 1. The van der Waals surface area contributed by atoms with Gasteiger partial charge in [0.25, 0.3) is 0 Å². The molecule has 0 N–H and O–H groups in total. The fraction of sp³-hybridized carbons (Fsp3) is 0.385. The summed E-state index contributed by atoms with van der Waals surface area (Å²) in [7, 11) is 2.97. The Balaban J connectivity index is 2.43. The summed E-state index contributed by atoms with van der Waals surface area (Å²) in [4.78, 5) is 15.7. The number of carbonyl (C=O) groups is 1. The maximum atomic E-state index is 11.3. The first-order valence-corrected chi connectivity index (χ1v) is 6.39. The molecule has 1 aromatic carbocycles. The molecule has 0 bridgehead atoms. The fourth-order valence-electron chi connectivity index (χ4n) is 1.99. The summed E-state index contributed by atoms with van der Waals surface area (Å²) in [5.41, 5.74) is 1.66. The van der Waals surface area contributed by atoms with Crippen LogP contribution in [0.1, 0.15) is 12.2 Å². The summed E-state index contributed by atoms with van der Waals surface area (Å²) >= 11 is 5.91. The predicted molar refractivity (Wildman–Crippen MR) is 72.5 cm³/mol. The van der Waals surface area contributed by atoms with E-state index >= 15 is 0 Å². The number of aromatic nitrogens is 2. The number of methoxy groups -OCH3 is 2. The Kier molecular flexibility index (Phi) is 4.27. The average molecular weight is 283 g/mol. The number of imidazole rings is 1. The third-order valence-electron chi connectivity index (χ3n) is 2.93. The first-order valence-electron chi connectivity index (χ1n) is 5.86. The van der Waals surface area contributed by atoms with Crippen LogP contribution in [0.5, 0.6) is 5.75 Å². The van der Waals surface area contributed by atoms with E-state index in [-0.39, 0.29) is 18.3 Å². The molecule has 0 spiro atoms. The molecule has 0 atom stereocenters. The van der Waals surface area contributed by atoms with Crippen LogP contribution < -0.4 is 4.74 Å². The van der Waals surface area contributed by atoms with E-state index in [1.54, 1.807) is 7.11 Å². The minimum absolute atomic E-state index is 0.259. The van der Waals surface area contributed by atoms with E-state index in [1.165, 1.54) is 7.11 Å². The number of esters is 1. The van der Waals surface area contributed by atoms with Gasteiger partial charge < -0.3 is 14.0 Å². The Bertz CT molecular complexity index is 595. The van der Waals surface area contributed by atoms with Crippen molar-refractivity contribution in [3.8, 4) is 5.75 Å². The van der Waals surface area contributed by atoms with Crippen molar-refractivity contribution in [2.24, 2.45) is 0 Å². The molecular weight excluding hydrogens is 268 g/mol. The number of aryl methyl sites for hydroxylation is 1. The molecule has 0 aliphatic heterocycles. The summed E-state index contributed by atoms with van der Waals surface area (Å²) in [6, 6.07) is 5.66. The van der Waals surface area contributed by atoms with E-state index in [1.807, 2.05) is 22.8 Å². The van der Waals surface area contributed by atoms with E-state index in [0.717, 1.165) is 11.0 Å². The van der Waals surface area contributed by atoms with Gasteiger partial charge in [0.2, 0.25) is 0 Å². The number of halogens is 1. The molecule has 0 unspecified atom stereocenters. The standard InChI is InChI=1S/C13H15ClN2O3/c1-18-10-5-3-4-9-13(10)15-11(8-14)16(9)7-6-12(17)19-2/h3-5H,6-8H2,1-2H3. The molecule has 2 rings (SSSR count). The Hall–Kier alpha value is -1.75. The minimum atomic E-state index is -0.259. The molecule has 0 amide bonds. The quantitative estimate of drug-likeness (QED) is 0.624. The van der Waals surface area contributed by atoms with Crippen molar-refractivity contribution in [3.63, 3.8) is 0 Å². The van der Waals surface area contributed by atoms with Crippen molar-refractivity contribution >= 4 is 28.6 Å². The van der Waals surface area contributed by atoms with Crippen LogP contribution in [0, 0.1) is 0 Å². The van der Waals surface area contributed by atoms with E-state index in [9.17, 15) is 4.79 Å². The second-order valence-corrected chi connectivity index (χ2v) is 4.23. The van der Waals surface area contributed by atoms with Gasteiger partial charge in [0, 0.05) is 6.54 Å². The van der Waals surface area contributed by atoms with Crippen molar-refractivity contribution in [3.05, 3.63) is 24.0 Å². The van der Waals surface area contributed by atoms with Crippen LogP contribution in [0.3, 0.4) is 0 Å². The van der Waals surface area contributed by atoms with Crippen LogP contribution in [-0.2, 0) is 22.0 Å². The highest BCUT2D eigenvalue weighted by Gasteiger charge is 2.14. The molecule has 0 aliphatic carbocycles. The topological polar surface area (TPSA) is 53.4 Å². The van der Waals surface area contributed by atoms with Gasteiger partial charge in [-0.15, -0.1) is 11.6 Å². The lowest BCUT2D eigenvalue weighted by Gasteiger charge is -2.07. The van der Waals surface area contributed by atoms with Gasteiger partial charge in [0.1, 0.15) is 17.1 Å². The van der Waals surface area contributed by atoms with Gasteiger partial charge in [-0.2, -0.15) is 0 Å². The number of ether oxygens (including phenoxy) is 2. The molecule has 102 valence electrons. The van der Waals surface area contributed by atoms with Gasteiger partial charge in [-0.1, -0.05) is 6.07 Å². The van der Waals surface area contributed by atoms with E-state index in [0.29, 0.717) is 18.1 Å². The number of carbonyl (C=O) groups excluding carboxylic acids is 1. The van der Waals surface area contributed by atoms with E-state index < -0.39 is 0 Å². The number of alkyl halides is 1. The Labute approximate surface area is 116 Å². The summed E-state index contributed by atoms with van der Waals surface area (Å²) in [6.07, 6.45) is 0.281. The maximum Gasteiger partial charge on any atom is 0.307 e. The lowest BCUT2D eigenvalue weighted by molar-refractivity contribution is -0.140. The molecule has 0 saturated carbocycles. The van der Waals surface area contributed by atoms with Gasteiger partial charge in [-0.05, 0) is 12.1 Å². The zero-order chi connectivity index (χ0) is 13.8. The Morgan fingerprint density at radius 3 is 2.84 bits per heavy atom. The molecular formula is C13H15ClN2O3. The number of nitrogens with zero attached hydrogens (tertiary/aromatic N) is 2. The van der Waals surface area contributed by atoms with E-state index in [2.05, 4.69) is 9.72 Å². The van der Waals surface area contributed by atoms with E-state index in [4.69, 9.17) is 16.3 Å². The normalized spacial score (nSPS) is 10.7. The molecule has 1 aromatic heterocycles. The molecule has 0 aliphatic rings.